The van der Waals surface area contributed by atoms with Crippen LogP contribution in [-0.4, -0.2) is 50.7 Å². The molecule has 188 valence electrons. The van der Waals surface area contributed by atoms with Gasteiger partial charge in [0.1, 0.15) is 0 Å². The minimum absolute atomic E-state index is 0.206. The second-order valence-corrected chi connectivity index (χ2v) is 10.00. The van der Waals surface area contributed by atoms with Crippen molar-refractivity contribution < 1.29 is 27.5 Å². The van der Waals surface area contributed by atoms with Crippen LogP contribution >= 0.6 is 0 Å². The first-order valence-electron chi connectivity index (χ1n) is 11.0. The first-order chi connectivity index (χ1) is 17.1. The number of aryl methyl sites for hydroxylation is 2. The molecule has 0 spiro atoms. The van der Waals surface area contributed by atoms with Crippen molar-refractivity contribution in [1.82, 2.24) is 4.31 Å². The molecular weight excluding hydrogens is 482 g/mol. The van der Waals surface area contributed by atoms with E-state index < -0.39 is 40.9 Å². The lowest BCUT2D eigenvalue weighted by Gasteiger charge is -2.22. The highest BCUT2D eigenvalue weighted by atomic mass is 32.2. The van der Waals surface area contributed by atoms with Crippen molar-refractivity contribution in [3.63, 3.8) is 0 Å². The van der Waals surface area contributed by atoms with Crippen molar-refractivity contribution in [3.05, 3.63) is 89.5 Å². The summed E-state index contributed by atoms with van der Waals surface area (Å²) in [6.07, 6.45) is 0. The van der Waals surface area contributed by atoms with Gasteiger partial charge in [0.05, 0.1) is 30.7 Å². The van der Waals surface area contributed by atoms with Crippen molar-refractivity contribution in [2.75, 3.05) is 30.8 Å². The molecule has 3 aromatic rings. The summed E-state index contributed by atoms with van der Waals surface area (Å²) in [7, 11) is -3.33. The number of benzene rings is 3. The topological polar surface area (TPSA) is 122 Å². The highest BCUT2D eigenvalue weighted by Crippen LogP contribution is 2.22. The maximum Gasteiger partial charge on any atom is 0.339 e. The van der Waals surface area contributed by atoms with E-state index >= 15 is 0 Å². The molecular formula is C26H27N3O6S. The predicted molar refractivity (Wildman–Crippen MR) is 136 cm³/mol. The molecule has 0 heterocycles. The van der Waals surface area contributed by atoms with Crippen LogP contribution in [0, 0.1) is 13.8 Å². The fourth-order valence-corrected chi connectivity index (χ4v) is 4.86. The molecule has 0 bridgehead atoms. The Bertz CT molecular complexity index is 1290. The Balaban J connectivity index is 1.90. The van der Waals surface area contributed by atoms with E-state index in [9.17, 15) is 22.8 Å². The van der Waals surface area contributed by atoms with E-state index in [2.05, 4.69) is 10.6 Å². The van der Waals surface area contributed by atoms with Crippen molar-refractivity contribution >= 4 is 39.2 Å². The molecule has 0 radical (unpaired) electrons. The molecule has 0 atom stereocenters. The molecule has 10 heteroatoms. The van der Waals surface area contributed by atoms with Crippen LogP contribution in [0.1, 0.15) is 21.5 Å². The van der Waals surface area contributed by atoms with Gasteiger partial charge in [-0.1, -0.05) is 47.5 Å². The summed E-state index contributed by atoms with van der Waals surface area (Å²) in [5.74, 6) is -2.16. The molecule has 0 aliphatic rings. The number of ether oxygens (including phenoxy) is 1. The van der Waals surface area contributed by atoms with E-state index in [4.69, 9.17) is 4.74 Å². The van der Waals surface area contributed by atoms with Crippen LogP contribution in [0.2, 0.25) is 0 Å². The zero-order valence-corrected chi connectivity index (χ0v) is 21.0. The molecule has 0 saturated heterocycles. The molecule has 36 heavy (non-hydrogen) atoms. The highest BCUT2D eigenvalue weighted by Gasteiger charge is 2.32. The molecule has 0 aromatic heterocycles. The Labute approximate surface area is 210 Å². The van der Waals surface area contributed by atoms with E-state index in [1.807, 2.05) is 13.8 Å². The minimum atomic E-state index is -4.46. The Kier molecular flexibility index (Phi) is 8.57. The zero-order valence-electron chi connectivity index (χ0n) is 20.1. The van der Waals surface area contributed by atoms with E-state index in [1.54, 1.807) is 48.5 Å². The highest BCUT2D eigenvalue weighted by molar-refractivity contribution is 7.89. The number of nitrogens with zero attached hydrogens (tertiary/aromatic N) is 1. The molecule has 3 rings (SSSR count). The van der Waals surface area contributed by atoms with E-state index in [1.165, 1.54) is 24.3 Å². The van der Waals surface area contributed by atoms with Crippen LogP contribution in [0.5, 0.6) is 0 Å². The standard InChI is InChI=1S/C26H27N3O6S/c1-18-8-12-20(13-9-18)27-24(30)16-29(17-25(31)28-21-14-10-19(2)11-15-21)36(33,34)23-7-5-4-6-22(23)26(32)35-3/h4-15H,16-17H2,1-3H3,(H,27,30)(H,28,31). The SMILES string of the molecule is COC(=O)c1ccccc1S(=O)(=O)N(CC(=O)Nc1ccc(C)cc1)CC(=O)Nc1ccc(C)cc1. The van der Waals surface area contributed by atoms with Crippen LogP contribution < -0.4 is 10.6 Å². The van der Waals surface area contributed by atoms with Crippen molar-refractivity contribution in [2.45, 2.75) is 18.7 Å². The summed E-state index contributed by atoms with van der Waals surface area (Å²) in [4.78, 5) is 37.4. The molecule has 0 aliphatic carbocycles. The van der Waals surface area contributed by atoms with E-state index in [-0.39, 0.29) is 10.5 Å². The van der Waals surface area contributed by atoms with Gasteiger partial charge in [-0.2, -0.15) is 4.31 Å². The number of hydrogen-bond acceptors (Lipinski definition) is 6. The summed E-state index contributed by atoms with van der Waals surface area (Å²) in [5, 5.41) is 5.27. The number of rotatable bonds is 9. The van der Waals surface area contributed by atoms with Crippen LogP contribution in [0.25, 0.3) is 0 Å². The number of methoxy groups -OCH3 is 1. The largest absolute Gasteiger partial charge is 0.465 e. The fraction of sp³-hybridized carbons (Fsp3) is 0.192. The van der Waals surface area contributed by atoms with Crippen LogP contribution in [-0.2, 0) is 24.3 Å². The lowest BCUT2D eigenvalue weighted by atomic mass is 10.2. The summed E-state index contributed by atoms with van der Waals surface area (Å²) in [6, 6.07) is 19.4. The quantitative estimate of drug-likeness (QED) is 0.427. The van der Waals surface area contributed by atoms with Gasteiger partial charge in [0.2, 0.25) is 21.8 Å². The van der Waals surface area contributed by atoms with E-state index in [0.29, 0.717) is 11.4 Å². The number of hydrogen-bond donors (Lipinski definition) is 2. The van der Waals surface area contributed by atoms with Crippen LogP contribution in [0.15, 0.2) is 77.7 Å². The van der Waals surface area contributed by atoms with Gasteiger partial charge in [0.15, 0.2) is 0 Å². The van der Waals surface area contributed by atoms with Crippen LogP contribution in [0.3, 0.4) is 0 Å². The number of carbonyl (C=O) groups excluding carboxylic acids is 3. The summed E-state index contributed by atoms with van der Waals surface area (Å²) in [5.41, 5.74) is 2.72. The molecule has 2 amide bonds. The first kappa shape index (κ1) is 26.6. The van der Waals surface area contributed by atoms with Crippen molar-refractivity contribution in [3.8, 4) is 0 Å². The van der Waals surface area contributed by atoms with Crippen molar-refractivity contribution in [2.24, 2.45) is 0 Å². The summed E-state index contributed by atoms with van der Waals surface area (Å²) < 4.78 is 32.6. The first-order valence-corrected chi connectivity index (χ1v) is 12.4. The predicted octanol–water partition coefficient (Wildman–Crippen LogP) is 3.36. The zero-order chi connectivity index (χ0) is 26.3. The van der Waals surface area contributed by atoms with Gasteiger partial charge in [-0.15, -0.1) is 0 Å². The molecule has 0 saturated carbocycles. The Morgan fingerprint density at radius 3 is 1.64 bits per heavy atom. The smallest absolute Gasteiger partial charge is 0.339 e. The number of sulfonamides is 1. The summed E-state index contributed by atoms with van der Waals surface area (Å²) >= 11 is 0. The monoisotopic (exact) mass is 509 g/mol. The summed E-state index contributed by atoms with van der Waals surface area (Å²) in [6.45, 7) is 2.47. The Morgan fingerprint density at radius 2 is 1.19 bits per heavy atom. The number of anilines is 2. The normalized spacial score (nSPS) is 11.1. The third-order valence-corrected chi connectivity index (χ3v) is 7.07. The molecule has 0 unspecified atom stereocenters. The van der Waals surface area contributed by atoms with Crippen molar-refractivity contribution in [1.29, 1.82) is 0 Å². The average molecular weight is 510 g/mol. The van der Waals surface area contributed by atoms with Gasteiger partial charge in [-0.25, -0.2) is 13.2 Å². The van der Waals surface area contributed by atoms with Crippen LogP contribution in [0.4, 0.5) is 11.4 Å². The number of carbonyl (C=O) groups is 3. The maximum atomic E-state index is 13.6. The van der Waals surface area contributed by atoms with Gasteiger partial charge in [0, 0.05) is 11.4 Å². The molecule has 2 N–H and O–H groups in total. The maximum absolute atomic E-state index is 13.6. The van der Waals surface area contributed by atoms with E-state index in [0.717, 1.165) is 22.5 Å². The molecule has 3 aromatic carbocycles. The third-order valence-electron chi connectivity index (χ3n) is 5.22. The second-order valence-electron chi connectivity index (χ2n) is 8.09. The van der Waals surface area contributed by atoms with Gasteiger partial charge >= 0.3 is 5.97 Å². The lowest BCUT2D eigenvalue weighted by Crippen LogP contribution is -2.43. The Morgan fingerprint density at radius 1 is 0.750 bits per heavy atom. The van der Waals surface area contributed by atoms with Gasteiger partial charge in [-0.05, 0) is 50.2 Å². The van der Waals surface area contributed by atoms with Gasteiger partial charge in [0.25, 0.3) is 0 Å². The molecule has 0 fully saturated rings. The number of nitrogens with one attached hydrogen (secondary N) is 2. The molecule has 9 nitrogen and oxygen atoms in total. The number of esters is 1. The van der Waals surface area contributed by atoms with Gasteiger partial charge < -0.3 is 15.4 Å². The molecule has 0 aliphatic heterocycles. The third kappa shape index (κ3) is 6.77. The second kappa shape index (κ2) is 11.6. The lowest BCUT2D eigenvalue weighted by molar-refractivity contribution is -0.118. The minimum Gasteiger partial charge on any atom is -0.465 e. The van der Waals surface area contributed by atoms with Gasteiger partial charge in [-0.3, -0.25) is 9.59 Å². The fourth-order valence-electron chi connectivity index (χ4n) is 3.33. The number of amides is 2. The Hall–Kier alpha value is -4.02. The average Bonchev–Trinajstić information content (AvgIpc) is 2.86.